The number of nitrogens with two attached hydrogens (primary N) is 1. The van der Waals surface area contributed by atoms with Gasteiger partial charge in [-0.3, -0.25) is 9.59 Å². The Bertz CT molecular complexity index is 469. The number of ether oxygens (including phenoxy) is 1. The number of hydrogen-bond acceptors (Lipinski definition) is 3. The van der Waals surface area contributed by atoms with Gasteiger partial charge in [-0.1, -0.05) is 0 Å². The highest BCUT2D eigenvalue weighted by Crippen LogP contribution is 2.39. The van der Waals surface area contributed by atoms with Crippen LogP contribution in [0.3, 0.4) is 0 Å². The Labute approximate surface area is 94.2 Å². The summed E-state index contributed by atoms with van der Waals surface area (Å²) in [6, 6.07) is 1.67. The molecule has 1 rings (SSSR count). The van der Waals surface area contributed by atoms with Crippen molar-refractivity contribution in [3.63, 3.8) is 0 Å². The second-order valence-electron chi connectivity index (χ2n) is 3.13. The molecule has 2 N–H and O–H groups in total. The van der Waals surface area contributed by atoms with Gasteiger partial charge in [0, 0.05) is 5.56 Å². The highest BCUT2D eigenvalue weighted by atomic mass is 19.4. The minimum atomic E-state index is -4.79. The maximum absolute atomic E-state index is 12.7. The molecule has 0 aliphatic rings. The number of hydrogen-bond donors (Lipinski definition) is 1. The Kier molecular flexibility index (Phi) is 3.40. The second-order valence-corrected chi connectivity index (χ2v) is 3.13. The Morgan fingerprint density at radius 1 is 1.41 bits per heavy atom. The van der Waals surface area contributed by atoms with Crippen molar-refractivity contribution in [3.05, 3.63) is 28.8 Å². The van der Waals surface area contributed by atoms with Crippen molar-refractivity contribution in [2.75, 3.05) is 7.11 Å². The predicted octanol–water partition coefficient (Wildman–Crippen LogP) is 1.63. The third-order valence-corrected chi connectivity index (χ3v) is 2.03. The lowest BCUT2D eigenvalue weighted by atomic mass is 10.0. The molecule has 0 spiro atoms. The van der Waals surface area contributed by atoms with E-state index < -0.39 is 29.0 Å². The zero-order valence-electron chi connectivity index (χ0n) is 8.67. The zero-order chi connectivity index (χ0) is 13.2. The molecule has 7 heteroatoms. The molecule has 17 heavy (non-hydrogen) atoms. The van der Waals surface area contributed by atoms with E-state index in [9.17, 15) is 22.8 Å². The quantitative estimate of drug-likeness (QED) is 0.825. The second kappa shape index (κ2) is 4.44. The molecule has 4 nitrogen and oxygen atoms in total. The summed E-state index contributed by atoms with van der Waals surface area (Å²) in [4.78, 5) is 21.5. The first kappa shape index (κ1) is 13.0. The SMILES string of the molecule is COc1cc(C=O)cc(C(N)=O)c1C(F)(F)F. The molecule has 0 radical (unpaired) electrons. The van der Waals surface area contributed by atoms with E-state index in [1.54, 1.807) is 0 Å². The van der Waals surface area contributed by atoms with Gasteiger partial charge in [-0.15, -0.1) is 0 Å². The number of halogens is 3. The topological polar surface area (TPSA) is 69.4 Å². The van der Waals surface area contributed by atoms with Crippen LogP contribution in [0.5, 0.6) is 5.75 Å². The van der Waals surface area contributed by atoms with Crippen molar-refractivity contribution in [1.29, 1.82) is 0 Å². The predicted molar refractivity (Wildman–Crippen MR) is 51.9 cm³/mol. The maximum Gasteiger partial charge on any atom is 0.420 e. The Morgan fingerprint density at radius 2 is 2.00 bits per heavy atom. The molecule has 0 fully saturated rings. The molecule has 0 aliphatic carbocycles. The molecule has 1 aromatic rings. The van der Waals surface area contributed by atoms with Gasteiger partial charge in [-0.25, -0.2) is 0 Å². The average molecular weight is 247 g/mol. The van der Waals surface area contributed by atoms with E-state index in [0.717, 1.165) is 19.2 Å². The third kappa shape index (κ3) is 2.55. The fourth-order valence-corrected chi connectivity index (χ4v) is 1.35. The van der Waals surface area contributed by atoms with Gasteiger partial charge in [0.05, 0.1) is 12.7 Å². The largest absolute Gasteiger partial charge is 0.496 e. The zero-order valence-corrected chi connectivity index (χ0v) is 8.67. The maximum atomic E-state index is 12.7. The Morgan fingerprint density at radius 3 is 2.35 bits per heavy atom. The molecular formula is C10H8F3NO3. The minimum Gasteiger partial charge on any atom is -0.496 e. The number of carbonyl (C=O) groups is 2. The van der Waals surface area contributed by atoms with Gasteiger partial charge < -0.3 is 10.5 Å². The molecule has 0 atom stereocenters. The van der Waals surface area contributed by atoms with Crippen molar-refractivity contribution in [1.82, 2.24) is 0 Å². The van der Waals surface area contributed by atoms with Gasteiger partial charge in [0.15, 0.2) is 0 Å². The first-order valence-corrected chi connectivity index (χ1v) is 4.35. The summed E-state index contributed by atoms with van der Waals surface area (Å²) in [5, 5.41) is 0. The molecule has 0 saturated heterocycles. The highest BCUT2D eigenvalue weighted by Gasteiger charge is 2.38. The summed E-state index contributed by atoms with van der Waals surface area (Å²) in [6.07, 6.45) is -4.49. The number of primary amides is 1. The summed E-state index contributed by atoms with van der Waals surface area (Å²) in [5.41, 5.74) is 2.65. The number of benzene rings is 1. The van der Waals surface area contributed by atoms with Gasteiger partial charge in [0.25, 0.3) is 0 Å². The number of aldehydes is 1. The van der Waals surface area contributed by atoms with Crippen LogP contribution in [0.4, 0.5) is 13.2 Å². The van der Waals surface area contributed by atoms with E-state index in [1.165, 1.54) is 0 Å². The Hall–Kier alpha value is -2.05. The number of amides is 1. The van der Waals surface area contributed by atoms with Crippen LogP contribution < -0.4 is 10.5 Å². The molecule has 0 saturated carbocycles. The first-order valence-electron chi connectivity index (χ1n) is 4.35. The van der Waals surface area contributed by atoms with Gasteiger partial charge in [0.2, 0.25) is 5.91 Å². The van der Waals surface area contributed by atoms with Crippen molar-refractivity contribution in [3.8, 4) is 5.75 Å². The molecule has 0 aliphatic heterocycles. The molecule has 1 amide bonds. The van der Waals surface area contributed by atoms with Gasteiger partial charge in [-0.2, -0.15) is 13.2 Å². The van der Waals surface area contributed by atoms with Crippen LogP contribution in [0, 0.1) is 0 Å². The fourth-order valence-electron chi connectivity index (χ4n) is 1.35. The smallest absolute Gasteiger partial charge is 0.420 e. The van der Waals surface area contributed by atoms with Crippen molar-refractivity contribution in [2.45, 2.75) is 6.18 Å². The lowest BCUT2D eigenvalue weighted by molar-refractivity contribution is -0.139. The van der Waals surface area contributed by atoms with Crippen LogP contribution >= 0.6 is 0 Å². The third-order valence-electron chi connectivity index (χ3n) is 2.03. The number of methoxy groups -OCH3 is 1. The van der Waals surface area contributed by atoms with Crippen LogP contribution in [0.2, 0.25) is 0 Å². The standard InChI is InChI=1S/C10H8F3NO3/c1-17-7-3-5(4-15)2-6(9(14)16)8(7)10(11,12)13/h2-4H,1H3,(H2,14,16). The van der Waals surface area contributed by atoms with Gasteiger partial charge in [0.1, 0.15) is 17.6 Å². The first-order chi connectivity index (χ1) is 7.81. The summed E-state index contributed by atoms with van der Waals surface area (Å²) >= 11 is 0. The van der Waals surface area contributed by atoms with Crippen LogP contribution in [0.25, 0.3) is 0 Å². The Balaban J connectivity index is 3.64. The molecular weight excluding hydrogens is 239 g/mol. The summed E-state index contributed by atoms with van der Waals surface area (Å²) < 4.78 is 42.7. The molecule has 1 aromatic carbocycles. The lowest BCUT2D eigenvalue weighted by Crippen LogP contribution is -2.20. The van der Waals surface area contributed by atoms with E-state index in [1.807, 2.05) is 0 Å². The van der Waals surface area contributed by atoms with Crippen LogP contribution in [-0.2, 0) is 6.18 Å². The molecule has 0 bridgehead atoms. The fraction of sp³-hybridized carbons (Fsp3) is 0.200. The van der Waals surface area contributed by atoms with Crippen molar-refractivity contribution < 1.29 is 27.5 Å². The normalized spacial score (nSPS) is 11.1. The van der Waals surface area contributed by atoms with Crippen LogP contribution in [0.15, 0.2) is 12.1 Å². The van der Waals surface area contributed by atoms with E-state index in [2.05, 4.69) is 4.74 Å². The van der Waals surface area contributed by atoms with E-state index in [-0.39, 0.29) is 5.56 Å². The molecule has 0 aromatic heterocycles. The van der Waals surface area contributed by atoms with E-state index in [0.29, 0.717) is 6.29 Å². The summed E-state index contributed by atoms with van der Waals surface area (Å²) in [5.74, 6) is -1.89. The monoisotopic (exact) mass is 247 g/mol. The highest BCUT2D eigenvalue weighted by molar-refractivity contribution is 5.97. The number of rotatable bonds is 3. The summed E-state index contributed by atoms with van der Waals surface area (Å²) in [7, 11) is 1.00. The van der Waals surface area contributed by atoms with Crippen LogP contribution in [0.1, 0.15) is 26.3 Å². The molecule has 0 heterocycles. The van der Waals surface area contributed by atoms with Crippen molar-refractivity contribution >= 4 is 12.2 Å². The molecule has 0 unspecified atom stereocenters. The van der Waals surface area contributed by atoms with Crippen molar-refractivity contribution in [2.24, 2.45) is 5.73 Å². The van der Waals surface area contributed by atoms with Gasteiger partial charge >= 0.3 is 6.18 Å². The molecule has 92 valence electrons. The minimum absolute atomic E-state index is 0.122. The number of alkyl halides is 3. The number of carbonyl (C=O) groups excluding carboxylic acids is 2. The van der Waals surface area contributed by atoms with Crippen LogP contribution in [-0.4, -0.2) is 19.3 Å². The van der Waals surface area contributed by atoms with E-state index >= 15 is 0 Å². The van der Waals surface area contributed by atoms with Gasteiger partial charge in [-0.05, 0) is 12.1 Å². The average Bonchev–Trinajstić information content (AvgIpc) is 2.25. The summed E-state index contributed by atoms with van der Waals surface area (Å²) in [6.45, 7) is 0. The lowest BCUT2D eigenvalue weighted by Gasteiger charge is -2.15. The van der Waals surface area contributed by atoms with E-state index in [4.69, 9.17) is 5.73 Å².